The van der Waals surface area contributed by atoms with Crippen LogP contribution in [0.3, 0.4) is 0 Å². The predicted octanol–water partition coefficient (Wildman–Crippen LogP) is 6.32. The zero-order chi connectivity index (χ0) is 18.1. The average molecular weight is 364 g/mol. The maximum absolute atomic E-state index is 6.37. The van der Waals surface area contributed by atoms with Crippen LogP contribution in [0.1, 0.15) is 69.8 Å². The van der Waals surface area contributed by atoms with Crippen molar-refractivity contribution in [3.63, 3.8) is 0 Å². The van der Waals surface area contributed by atoms with Gasteiger partial charge in [-0.2, -0.15) is 0 Å². The van der Waals surface area contributed by atoms with Crippen molar-refractivity contribution in [3.05, 3.63) is 42.0 Å². The molecule has 2 saturated carbocycles. The molecule has 2 aliphatic carbocycles. The van der Waals surface area contributed by atoms with E-state index in [-0.39, 0.29) is 0 Å². The van der Waals surface area contributed by atoms with E-state index in [1.54, 1.807) is 0 Å². The minimum Gasteiger partial charge on any atom is -0.490 e. The molecule has 1 spiro atoms. The van der Waals surface area contributed by atoms with E-state index in [0.29, 0.717) is 11.5 Å². The van der Waals surface area contributed by atoms with Crippen LogP contribution in [0, 0.1) is 5.41 Å². The number of fused-ring (bicyclic) bond motifs is 1. The molecule has 1 aliphatic heterocycles. The average Bonchev–Trinajstić information content (AvgIpc) is 2.68. The molecule has 0 unspecified atom stereocenters. The maximum atomic E-state index is 6.37. The van der Waals surface area contributed by atoms with Crippen LogP contribution in [-0.4, -0.2) is 24.1 Å². The predicted molar refractivity (Wildman–Crippen MR) is 112 cm³/mol. The number of hydrogen-bond acceptors (Lipinski definition) is 2. The minimum atomic E-state index is 0.423. The van der Waals surface area contributed by atoms with Gasteiger partial charge >= 0.3 is 0 Å². The Bertz CT molecular complexity index is 778. The van der Waals surface area contributed by atoms with Crippen molar-refractivity contribution in [2.75, 3.05) is 13.1 Å². The van der Waals surface area contributed by atoms with Crippen LogP contribution >= 0.6 is 0 Å². The number of piperidine rings is 1. The van der Waals surface area contributed by atoms with E-state index in [2.05, 4.69) is 41.3 Å². The molecule has 0 N–H and O–H groups in total. The van der Waals surface area contributed by atoms with E-state index in [1.807, 2.05) is 0 Å². The summed E-state index contributed by atoms with van der Waals surface area (Å²) in [5, 5.41) is 2.65. The first-order chi connectivity index (χ1) is 13.3. The van der Waals surface area contributed by atoms with Gasteiger partial charge in [0.05, 0.1) is 6.10 Å². The van der Waals surface area contributed by atoms with Crippen molar-refractivity contribution < 1.29 is 4.74 Å². The lowest BCUT2D eigenvalue weighted by Gasteiger charge is -2.46. The summed E-state index contributed by atoms with van der Waals surface area (Å²) in [7, 11) is 0. The molecule has 2 heteroatoms. The van der Waals surface area contributed by atoms with E-state index in [0.717, 1.165) is 12.3 Å². The molecule has 2 aromatic rings. The Balaban J connectivity index is 1.23. The normalized spacial score (nSPS) is 23.4. The Morgan fingerprint density at radius 1 is 0.815 bits per heavy atom. The summed E-state index contributed by atoms with van der Waals surface area (Å²) in [5.74, 6) is 1.06. The molecule has 27 heavy (non-hydrogen) atoms. The van der Waals surface area contributed by atoms with Crippen LogP contribution in [0.2, 0.25) is 0 Å². The lowest BCUT2D eigenvalue weighted by molar-refractivity contribution is 0.0234. The van der Waals surface area contributed by atoms with Crippen molar-refractivity contribution in [3.8, 4) is 5.75 Å². The molecule has 2 aromatic carbocycles. The summed E-state index contributed by atoms with van der Waals surface area (Å²) < 4.78 is 6.37. The van der Waals surface area contributed by atoms with Gasteiger partial charge in [0.25, 0.3) is 0 Å². The van der Waals surface area contributed by atoms with E-state index < -0.39 is 0 Å². The zero-order valence-electron chi connectivity index (χ0n) is 16.6. The smallest absolute Gasteiger partial charge is 0.120 e. The number of nitrogens with zero attached hydrogens (tertiary/aromatic N) is 1. The summed E-state index contributed by atoms with van der Waals surface area (Å²) >= 11 is 0. The fraction of sp³-hybridized carbons (Fsp3) is 0.600. The summed E-state index contributed by atoms with van der Waals surface area (Å²) in [4.78, 5) is 2.60. The van der Waals surface area contributed by atoms with Crippen LogP contribution in [0.4, 0.5) is 0 Å². The van der Waals surface area contributed by atoms with Gasteiger partial charge in [-0.05, 0) is 104 Å². The highest BCUT2D eigenvalue weighted by molar-refractivity contribution is 5.84. The second kappa shape index (κ2) is 7.47. The molecule has 0 bridgehead atoms. The second-order valence-corrected chi connectivity index (χ2v) is 9.35. The number of rotatable bonds is 4. The first-order valence-electron chi connectivity index (χ1n) is 11.2. The van der Waals surface area contributed by atoms with Crippen molar-refractivity contribution in [1.82, 2.24) is 4.90 Å². The molecule has 1 heterocycles. The van der Waals surface area contributed by atoms with Crippen LogP contribution in [0.25, 0.3) is 10.8 Å². The second-order valence-electron chi connectivity index (χ2n) is 9.35. The third kappa shape index (κ3) is 3.87. The van der Waals surface area contributed by atoms with Gasteiger partial charge in [0.2, 0.25) is 0 Å². The number of hydrogen-bond donors (Lipinski definition) is 0. The molecule has 0 atom stereocenters. The van der Waals surface area contributed by atoms with Gasteiger partial charge in [-0.3, -0.25) is 4.90 Å². The van der Waals surface area contributed by atoms with Crippen molar-refractivity contribution in [2.45, 2.75) is 76.9 Å². The molecule has 144 valence electrons. The van der Waals surface area contributed by atoms with Crippen LogP contribution < -0.4 is 4.74 Å². The third-order valence-electron chi connectivity index (χ3n) is 7.44. The van der Waals surface area contributed by atoms with Gasteiger partial charge in [-0.15, -0.1) is 0 Å². The quantitative estimate of drug-likeness (QED) is 0.630. The van der Waals surface area contributed by atoms with Crippen LogP contribution in [0.5, 0.6) is 5.75 Å². The highest BCUT2D eigenvalue weighted by Crippen LogP contribution is 2.51. The molecular weight excluding hydrogens is 330 g/mol. The largest absolute Gasteiger partial charge is 0.490 e. The Morgan fingerprint density at radius 3 is 2.30 bits per heavy atom. The van der Waals surface area contributed by atoms with Crippen molar-refractivity contribution >= 4 is 10.8 Å². The monoisotopic (exact) mass is 363 g/mol. The first kappa shape index (κ1) is 17.6. The van der Waals surface area contributed by atoms with Crippen LogP contribution in [-0.2, 0) is 6.54 Å². The standard InChI is InChI=1S/C25H33NO/c1-2-15-26(16-3-1)19-20-5-6-22-18-24(8-7-21(22)17-20)27-23-9-13-25(14-10-23)11-4-12-25/h5-8,17-18,23H,1-4,9-16,19H2. The Morgan fingerprint density at radius 2 is 1.56 bits per heavy atom. The Hall–Kier alpha value is -1.54. The lowest BCUT2D eigenvalue weighted by atomic mass is 9.60. The maximum Gasteiger partial charge on any atom is 0.120 e. The first-order valence-corrected chi connectivity index (χ1v) is 11.2. The van der Waals surface area contributed by atoms with Crippen molar-refractivity contribution in [1.29, 1.82) is 0 Å². The van der Waals surface area contributed by atoms with Gasteiger partial charge in [0, 0.05) is 6.54 Å². The van der Waals surface area contributed by atoms with Crippen molar-refractivity contribution in [2.24, 2.45) is 5.41 Å². The zero-order valence-corrected chi connectivity index (χ0v) is 16.6. The molecule has 0 amide bonds. The Kier molecular flexibility index (Phi) is 4.85. The van der Waals surface area contributed by atoms with Gasteiger partial charge in [0.1, 0.15) is 5.75 Å². The summed E-state index contributed by atoms with van der Waals surface area (Å²) in [5.41, 5.74) is 2.16. The molecule has 3 aliphatic rings. The fourth-order valence-electron chi connectivity index (χ4n) is 5.51. The van der Waals surface area contributed by atoms with E-state index >= 15 is 0 Å². The molecule has 2 nitrogen and oxygen atoms in total. The van der Waals surface area contributed by atoms with E-state index in [9.17, 15) is 0 Å². The molecule has 5 rings (SSSR count). The van der Waals surface area contributed by atoms with Gasteiger partial charge < -0.3 is 4.74 Å². The number of likely N-dealkylation sites (tertiary alicyclic amines) is 1. The SMILES string of the molecule is c1cc2cc(OC3CCC4(CCC4)CC3)ccc2cc1CN1CCCCC1. The Labute approximate surface area is 163 Å². The lowest BCUT2D eigenvalue weighted by Crippen LogP contribution is -2.37. The van der Waals surface area contributed by atoms with E-state index in [4.69, 9.17) is 4.74 Å². The topological polar surface area (TPSA) is 12.5 Å². The molecule has 3 fully saturated rings. The third-order valence-corrected chi connectivity index (χ3v) is 7.44. The molecule has 0 aromatic heterocycles. The minimum absolute atomic E-state index is 0.423. The van der Waals surface area contributed by atoms with E-state index in [1.165, 1.54) is 93.6 Å². The summed E-state index contributed by atoms with van der Waals surface area (Å²) in [6.45, 7) is 3.61. The highest BCUT2D eigenvalue weighted by Gasteiger charge is 2.40. The highest BCUT2D eigenvalue weighted by atomic mass is 16.5. The number of ether oxygens (including phenoxy) is 1. The van der Waals surface area contributed by atoms with Gasteiger partial charge in [-0.1, -0.05) is 31.0 Å². The van der Waals surface area contributed by atoms with Gasteiger partial charge in [-0.25, -0.2) is 0 Å². The summed E-state index contributed by atoms with van der Waals surface area (Å²) in [6.07, 6.45) is 14.2. The summed E-state index contributed by atoms with van der Waals surface area (Å²) in [6, 6.07) is 13.6. The molecule has 1 saturated heterocycles. The fourth-order valence-corrected chi connectivity index (χ4v) is 5.51. The molecular formula is C25H33NO. The van der Waals surface area contributed by atoms with Gasteiger partial charge in [0.15, 0.2) is 0 Å². The molecule has 0 radical (unpaired) electrons. The van der Waals surface area contributed by atoms with Crippen LogP contribution in [0.15, 0.2) is 36.4 Å². The number of benzene rings is 2.